The van der Waals surface area contributed by atoms with Gasteiger partial charge in [-0.05, 0) is 67.1 Å². The van der Waals surface area contributed by atoms with Crippen LogP contribution in [-0.4, -0.2) is 49.2 Å². The predicted octanol–water partition coefficient (Wildman–Crippen LogP) is 3.81. The Balaban J connectivity index is 1.24. The summed E-state index contributed by atoms with van der Waals surface area (Å²) in [5, 5.41) is 11.4. The second-order valence-electron chi connectivity index (χ2n) is 7.71. The number of benzene rings is 2. The third kappa shape index (κ3) is 4.67. The summed E-state index contributed by atoms with van der Waals surface area (Å²) >= 11 is 0. The number of nitro benzene ring substituents is 1. The van der Waals surface area contributed by atoms with E-state index in [-0.39, 0.29) is 16.4 Å². The summed E-state index contributed by atoms with van der Waals surface area (Å²) < 4.78 is 18.9. The molecule has 0 saturated carbocycles. The molecule has 29 heavy (non-hydrogen) atoms. The Morgan fingerprint density at radius 1 is 1.03 bits per heavy atom. The van der Waals surface area contributed by atoms with Crippen LogP contribution in [0.1, 0.15) is 24.0 Å². The van der Waals surface area contributed by atoms with E-state index in [1.165, 1.54) is 17.7 Å². The van der Waals surface area contributed by atoms with Crippen molar-refractivity contribution in [2.45, 2.75) is 25.7 Å². The zero-order valence-electron chi connectivity index (χ0n) is 16.5. The van der Waals surface area contributed by atoms with Gasteiger partial charge in [0.05, 0.1) is 11.5 Å². The summed E-state index contributed by atoms with van der Waals surface area (Å²) in [6, 6.07) is 10.2. The number of halogens is 1. The first-order valence-corrected chi connectivity index (χ1v) is 10.3. The van der Waals surface area contributed by atoms with E-state index >= 15 is 0 Å². The van der Waals surface area contributed by atoms with Crippen molar-refractivity contribution in [2.75, 3.05) is 44.2 Å². The van der Waals surface area contributed by atoms with Gasteiger partial charge in [-0.2, -0.15) is 0 Å². The molecule has 0 N–H and O–H groups in total. The smallest absolute Gasteiger partial charge is 0.311 e. The lowest BCUT2D eigenvalue weighted by molar-refractivity contribution is -0.385. The van der Waals surface area contributed by atoms with E-state index in [4.69, 9.17) is 4.74 Å². The van der Waals surface area contributed by atoms with Gasteiger partial charge in [-0.15, -0.1) is 0 Å². The van der Waals surface area contributed by atoms with Gasteiger partial charge in [0.15, 0.2) is 5.75 Å². The standard InChI is InChI=1S/C22H26FN3O3/c23-19-5-7-20(8-6-19)25-12-10-24(11-13-25)9-2-14-29-22-16-18-4-1-3-17(18)15-21(22)26(27)28/h5-8,15-16H,1-4,9-14H2. The fourth-order valence-corrected chi connectivity index (χ4v) is 4.20. The second kappa shape index (κ2) is 8.78. The summed E-state index contributed by atoms with van der Waals surface area (Å²) in [7, 11) is 0. The Morgan fingerprint density at radius 3 is 2.41 bits per heavy atom. The van der Waals surface area contributed by atoms with Crippen LogP contribution >= 0.6 is 0 Å². The monoisotopic (exact) mass is 399 g/mol. The normalized spacial score (nSPS) is 16.7. The van der Waals surface area contributed by atoms with Crippen molar-refractivity contribution in [3.05, 3.63) is 63.5 Å². The van der Waals surface area contributed by atoms with Crippen LogP contribution in [0.25, 0.3) is 0 Å². The SMILES string of the molecule is O=[N+]([O-])c1cc2c(cc1OCCCN1CCN(c3ccc(F)cc3)CC1)CCC2. The first-order valence-electron chi connectivity index (χ1n) is 10.3. The molecule has 2 aliphatic rings. The maximum absolute atomic E-state index is 13.1. The number of ether oxygens (including phenoxy) is 1. The van der Waals surface area contributed by atoms with Gasteiger partial charge in [0.1, 0.15) is 5.82 Å². The van der Waals surface area contributed by atoms with Crippen molar-refractivity contribution < 1.29 is 14.1 Å². The van der Waals surface area contributed by atoms with Gasteiger partial charge in [0.25, 0.3) is 0 Å². The average molecular weight is 399 g/mol. The van der Waals surface area contributed by atoms with Gasteiger partial charge in [0.2, 0.25) is 0 Å². The molecule has 0 radical (unpaired) electrons. The van der Waals surface area contributed by atoms with Crippen LogP contribution in [0.2, 0.25) is 0 Å². The molecular weight excluding hydrogens is 373 g/mol. The molecule has 154 valence electrons. The van der Waals surface area contributed by atoms with Crippen LogP contribution in [0.15, 0.2) is 36.4 Å². The minimum absolute atomic E-state index is 0.0820. The summed E-state index contributed by atoms with van der Waals surface area (Å²) in [6.07, 6.45) is 3.77. The molecule has 1 saturated heterocycles. The largest absolute Gasteiger partial charge is 0.487 e. The van der Waals surface area contributed by atoms with Gasteiger partial charge in [-0.25, -0.2) is 4.39 Å². The van der Waals surface area contributed by atoms with Gasteiger partial charge >= 0.3 is 5.69 Å². The van der Waals surface area contributed by atoms with E-state index in [1.54, 1.807) is 6.07 Å². The fourth-order valence-electron chi connectivity index (χ4n) is 4.20. The molecule has 4 rings (SSSR count). The molecule has 1 aliphatic heterocycles. The highest BCUT2D eigenvalue weighted by Crippen LogP contribution is 2.34. The third-order valence-electron chi connectivity index (χ3n) is 5.81. The lowest BCUT2D eigenvalue weighted by atomic mass is 10.1. The van der Waals surface area contributed by atoms with Crippen LogP contribution in [0.3, 0.4) is 0 Å². The summed E-state index contributed by atoms with van der Waals surface area (Å²) in [5.74, 6) is 0.188. The van der Waals surface area contributed by atoms with E-state index in [9.17, 15) is 14.5 Å². The molecule has 2 aromatic rings. The van der Waals surface area contributed by atoms with Crippen LogP contribution in [0.4, 0.5) is 15.8 Å². The van der Waals surface area contributed by atoms with E-state index in [0.717, 1.165) is 69.7 Å². The van der Waals surface area contributed by atoms with Gasteiger partial charge < -0.3 is 9.64 Å². The highest BCUT2D eigenvalue weighted by Gasteiger charge is 2.22. The zero-order chi connectivity index (χ0) is 20.2. The fraction of sp³-hybridized carbons (Fsp3) is 0.455. The number of fused-ring (bicyclic) bond motifs is 1. The van der Waals surface area contributed by atoms with E-state index < -0.39 is 0 Å². The number of nitrogens with zero attached hydrogens (tertiary/aromatic N) is 3. The number of anilines is 1. The highest BCUT2D eigenvalue weighted by molar-refractivity contribution is 5.53. The molecule has 0 amide bonds. The highest BCUT2D eigenvalue weighted by atomic mass is 19.1. The molecule has 6 nitrogen and oxygen atoms in total. The molecule has 0 atom stereocenters. The molecule has 0 aromatic heterocycles. The van der Waals surface area contributed by atoms with Gasteiger partial charge in [0, 0.05) is 44.5 Å². The Kier molecular flexibility index (Phi) is 5.94. The Morgan fingerprint density at radius 2 is 1.72 bits per heavy atom. The molecule has 2 aromatic carbocycles. The Bertz CT molecular complexity index is 864. The van der Waals surface area contributed by atoms with Crippen molar-refractivity contribution in [3.8, 4) is 5.75 Å². The third-order valence-corrected chi connectivity index (χ3v) is 5.81. The number of aryl methyl sites for hydroxylation is 2. The van der Waals surface area contributed by atoms with Crippen molar-refractivity contribution >= 4 is 11.4 Å². The number of hydrogen-bond donors (Lipinski definition) is 0. The molecule has 0 bridgehead atoms. The van der Waals surface area contributed by atoms with Crippen molar-refractivity contribution in [1.82, 2.24) is 4.90 Å². The molecule has 1 fully saturated rings. The lowest BCUT2D eigenvalue weighted by Crippen LogP contribution is -2.46. The minimum Gasteiger partial charge on any atom is -0.487 e. The summed E-state index contributed by atoms with van der Waals surface area (Å²) in [5.41, 5.74) is 3.41. The lowest BCUT2D eigenvalue weighted by Gasteiger charge is -2.36. The topological polar surface area (TPSA) is 58.9 Å². The summed E-state index contributed by atoms with van der Waals surface area (Å²) in [6.45, 7) is 5.06. The zero-order valence-corrected chi connectivity index (χ0v) is 16.5. The van der Waals surface area contributed by atoms with E-state index in [0.29, 0.717) is 12.4 Å². The number of hydrogen-bond acceptors (Lipinski definition) is 5. The average Bonchev–Trinajstić information content (AvgIpc) is 3.19. The van der Waals surface area contributed by atoms with E-state index in [2.05, 4.69) is 9.80 Å². The van der Waals surface area contributed by atoms with Crippen LogP contribution in [-0.2, 0) is 12.8 Å². The quantitative estimate of drug-likeness (QED) is 0.403. The molecular formula is C22H26FN3O3. The van der Waals surface area contributed by atoms with Gasteiger partial charge in [-0.1, -0.05) is 0 Å². The molecule has 1 heterocycles. The first-order chi connectivity index (χ1) is 14.1. The van der Waals surface area contributed by atoms with Crippen LogP contribution < -0.4 is 9.64 Å². The number of piperazine rings is 1. The number of rotatable bonds is 7. The van der Waals surface area contributed by atoms with Crippen molar-refractivity contribution in [1.29, 1.82) is 0 Å². The first kappa shape index (κ1) is 19.6. The maximum Gasteiger partial charge on any atom is 0.311 e. The van der Waals surface area contributed by atoms with Crippen molar-refractivity contribution in [3.63, 3.8) is 0 Å². The van der Waals surface area contributed by atoms with Gasteiger partial charge in [-0.3, -0.25) is 15.0 Å². The molecule has 1 aliphatic carbocycles. The predicted molar refractivity (Wildman–Crippen MR) is 110 cm³/mol. The minimum atomic E-state index is -0.345. The van der Waals surface area contributed by atoms with E-state index in [1.807, 2.05) is 18.2 Å². The second-order valence-corrected chi connectivity index (χ2v) is 7.71. The molecule has 0 spiro atoms. The van der Waals surface area contributed by atoms with Crippen LogP contribution in [0.5, 0.6) is 5.75 Å². The molecule has 0 unspecified atom stereocenters. The van der Waals surface area contributed by atoms with Crippen molar-refractivity contribution in [2.24, 2.45) is 0 Å². The maximum atomic E-state index is 13.1. The molecule has 7 heteroatoms. The Labute approximate surface area is 170 Å². The Hall–Kier alpha value is -2.67. The summed E-state index contributed by atoms with van der Waals surface area (Å²) in [4.78, 5) is 15.7. The van der Waals surface area contributed by atoms with Crippen LogP contribution in [0, 0.1) is 15.9 Å². The number of nitro groups is 1.